The van der Waals surface area contributed by atoms with Crippen LogP contribution >= 0.6 is 0 Å². The lowest BCUT2D eigenvalue weighted by molar-refractivity contribution is 0.669. The second kappa shape index (κ2) is 13.8. The highest BCUT2D eigenvalue weighted by Gasteiger charge is 2.16. The van der Waals surface area contributed by atoms with Gasteiger partial charge in [-0.3, -0.25) is 0 Å². The Morgan fingerprint density at radius 3 is 1.36 bits per heavy atom. The predicted octanol–water partition coefficient (Wildman–Crippen LogP) is 13.4. The number of aromatic nitrogens is 3. The van der Waals surface area contributed by atoms with E-state index in [1.807, 2.05) is 54.6 Å². The van der Waals surface area contributed by atoms with E-state index in [9.17, 15) is 0 Å². The summed E-state index contributed by atoms with van der Waals surface area (Å²) in [6.45, 7) is 0. The Hall–Kier alpha value is -7.43. The lowest BCUT2D eigenvalue weighted by atomic mass is 9.92. The summed E-state index contributed by atoms with van der Waals surface area (Å²) in [5.41, 5.74) is 13.6. The molecule has 4 heteroatoms. The maximum atomic E-state index is 6.15. The Morgan fingerprint density at radius 1 is 0.255 bits per heavy atom. The number of furan rings is 1. The highest BCUT2D eigenvalue weighted by Crippen LogP contribution is 2.38. The van der Waals surface area contributed by atoms with Crippen LogP contribution in [0.2, 0.25) is 0 Å². The molecule has 4 nitrogen and oxygen atoms in total. The van der Waals surface area contributed by atoms with Crippen molar-refractivity contribution in [3.05, 3.63) is 200 Å². The van der Waals surface area contributed by atoms with Crippen LogP contribution in [0.25, 0.3) is 101 Å². The van der Waals surface area contributed by atoms with Crippen molar-refractivity contribution in [2.45, 2.75) is 0 Å². The number of nitrogens with zero attached hydrogens (tertiary/aromatic N) is 3. The molecule has 2 aromatic heterocycles. The monoisotopic (exact) mass is 703 g/mol. The van der Waals surface area contributed by atoms with Crippen molar-refractivity contribution in [1.82, 2.24) is 15.0 Å². The lowest BCUT2D eigenvalue weighted by Crippen LogP contribution is -2.01. The second-order valence-corrected chi connectivity index (χ2v) is 13.6. The Balaban J connectivity index is 1.08. The molecule has 0 radical (unpaired) electrons. The van der Waals surface area contributed by atoms with Crippen molar-refractivity contribution < 1.29 is 4.42 Å². The molecule has 0 saturated heterocycles. The summed E-state index contributed by atoms with van der Waals surface area (Å²) in [7, 11) is 0. The molecular weight excluding hydrogens is 671 g/mol. The molecule has 0 N–H and O–H groups in total. The van der Waals surface area contributed by atoms with E-state index < -0.39 is 0 Å². The molecule has 10 rings (SSSR count). The maximum absolute atomic E-state index is 6.15. The van der Waals surface area contributed by atoms with Crippen LogP contribution in [-0.2, 0) is 0 Å². The van der Waals surface area contributed by atoms with Gasteiger partial charge < -0.3 is 4.42 Å². The van der Waals surface area contributed by atoms with Crippen LogP contribution in [0.4, 0.5) is 0 Å². The number of rotatable bonds is 7. The van der Waals surface area contributed by atoms with Gasteiger partial charge in [0.2, 0.25) is 0 Å². The topological polar surface area (TPSA) is 51.8 Å². The molecule has 0 aliphatic heterocycles. The summed E-state index contributed by atoms with van der Waals surface area (Å²) in [6, 6.07) is 69.5. The third kappa shape index (κ3) is 6.26. The molecule has 0 fully saturated rings. The smallest absolute Gasteiger partial charge is 0.164 e. The van der Waals surface area contributed by atoms with Crippen molar-refractivity contribution >= 4 is 21.9 Å². The first-order valence-corrected chi connectivity index (χ1v) is 18.4. The van der Waals surface area contributed by atoms with Crippen molar-refractivity contribution in [1.29, 1.82) is 0 Å². The molecule has 0 amide bonds. The van der Waals surface area contributed by atoms with Crippen LogP contribution in [0.15, 0.2) is 205 Å². The second-order valence-electron chi connectivity index (χ2n) is 13.6. The fraction of sp³-hybridized carbons (Fsp3) is 0. The van der Waals surface area contributed by atoms with Gasteiger partial charge in [-0.05, 0) is 80.9 Å². The molecule has 0 spiro atoms. The Morgan fingerprint density at radius 2 is 0.691 bits per heavy atom. The van der Waals surface area contributed by atoms with Gasteiger partial charge in [0.05, 0.1) is 0 Å². The molecule has 0 bridgehead atoms. The number of benzene rings is 8. The number of hydrogen-bond donors (Lipinski definition) is 0. The zero-order valence-electron chi connectivity index (χ0n) is 29.8. The minimum absolute atomic E-state index is 0.623. The fourth-order valence-corrected chi connectivity index (χ4v) is 7.36. The molecule has 2 heterocycles. The average Bonchev–Trinajstić information content (AvgIpc) is 3.65. The molecule has 0 unspecified atom stereocenters. The van der Waals surface area contributed by atoms with Gasteiger partial charge in [0, 0.05) is 27.5 Å². The molecule has 0 saturated carbocycles. The number of para-hydroxylation sites is 1. The van der Waals surface area contributed by atoms with E-state index in [1.54, 1.807) is 0 Å². The number of hydrogen-bond acceptors (Lipinski definition) is 4. The van der Waals surface area contributed by atoms with Gasteiger partial charge in [-0.25, -0.2) is 15.0 Å². The summed E-state index contributed by atoms with van der Waals surface area (Å²) in [5, 5.41) is 2.23. The van der Waals surface area contributed by atoms with E-state index in [0.29, 0.717) is 17.5 Å². The Labute approximate surface area is 319 Å². The van der Waals surface area contributed by atoms with Gasteiger partial charge >= 0.3 is 0 Å². The van der Waals surface area contributed by atoms with E-state index in [2.05, 4.69) is 146 Å². The van der Waals surface area contributed by atoms with Crippen molar-refractivity contribution in [2.75, 3.05) is 0 Å². The first-order chi connectivity index (χ1) is 27.2. The highest BCUT2D eigenvalue weighted by molar-refractivity contribution is 6.06. The van der Waals surface area contributed by atoms with E-state index in [1.165, 1.54) is 5.56 Å². The SMILES string of the molecule is c1ccc(-c2cc(-c3ccc(-c4nc(-c5ccccc5)nc(-c5ccccc5-c5ccccc5)n4)cc3)cc(-c3ccc4oc5ccccc5c4c3)c2)cc1. The summed E-state index contributed by atoms with van der Waals surface area (Å²) < 4.78 is 6.15. The van der Waals surface area contributed by atoms with Crippen LogP contribution in [0.3, 0.4) is 0 Å². The number of fused-ring (bicyclic) bond motifs is 3. The Bertz CT molecular complexity index is 2950. The molecule has 0 aliphatic rings. The molecule has 10 aromatic rings. The van der Waals surface area contributed by atoms with Gasteiger partial charge in [-0.15, -0.1) is 0 Å². The van der Waals surface area contributed by atoms with Crippen LogP contribution in [0.1, 0.15) is 0 Å². The van der Waals surface area contributed by atoms with Crippen LogP contribution in [0.5, 0.6) is 0 Å². The molecular formula is C51H33N3O. The highest BCUT2D eigenvalue weighted by atomic mass is 16.3. The molecule has 55 heavy (non-hydrogen) atoms. The predicted molar refractivity (Wildman–Crippen MR) is 225 cm³/mol. The van der Waals surface area contributed by atoms with Gasteiger partial charge in [0.1, 0.15) is 11.2 Å². The van der Waals surface area contributed by atoms with E-state index in [4.69, 9.17) is 19.4 Å². The third-order valence-corrected chi connectivity index (χ3v) is 10.1. The molecule has 258 valence electrons. The van der Waals surface area contributed by atoms with E-state index >= 15 is 0 Å². The zero-order valence-corrected chi connectivity index (χ0v) is 29.8. The standard InChI is InChI=1S/C51H33N3O/c1-4-14-34(15-5-1)40-30-41(32-42(31-40)39-28-29-48-46(33-39)44-21-12-13-23-47(44)55-48)35-24-26-38(27-25-35)50-52-49(37-18-8-3-9-19-37)53-51(54-50)45-22-11-10-20-43(45)36-16-6-2-7-17-36/h1-33H. The van der Waals surface area contributed by atoms with Crippen LogP contribution in [0, 0.1) is 0 Å². The van der Waals surface area contributed by atoms with Crippen LogP contribution < -0.4 is 0 Å². The zero-order chi connectivity index (χ0) is 36.6. The van der Waals surface area contributed by atoms with Crippen molar-refractivity contribution in [3.63, 3.8) is 0 Å². The van der Waals surface area contributed by atoms with Crippen LogP contribution in [-0.4, -0.2) is 15.0 Å². The summed E-state index contributed by atoms with van der Waals surface area (Å²) in [4.78, 5) is 15.2. The first-order valence-electron chi connectivity index (χ1n) is 18.4. The average molecular weight is 704 g/mol. The third-order valence-electron chi connectivity index (χ3n) is 10.1. The van der Waals surface area contributed by atoms with E-state index in [-0.39, 0.29) is 0 Å². The van der Waals surface area contributed by atoms with Gasteiger partial charge in [0.25, 0.3) is 0 Å². The van der Waals surface area contributed by atoms with Gasteiger partial charge in [-0.2, -0.15) is 0 Å². The minimum Gasteiger partial charge on any atom is -0.456 e. The Kier molecular flexibility index (Phi) is 8.12. The van der Waals surface area contributed by atoms with Crippen molar-refractivity contribution in [2.24, 2.45) is 0 Å². The largest absolute Gasteiger partial charge is 0.456 e. The quantitative estimate of drug-likeness (QED) is 0.166. The fourth-order valence-electron chi connectivity index (χ4n) is 7.36. The summed E-state index contributed by atoms with van der Waals surface area (Å²) in [6.07, 6.45) is 0. The first kappa shape index (κ1) is 32.2. The van der Waals surface area contributed by atoms with Crippen molar-refractivity contribution in [3.8, 4) is 78.7 Å². The molecule has 0 aliphatic carbocycles. The molecule has 8 aromatic carbocycles. The maximum Gasteiger partial charge on any atom is 0.164 e. The summed E-state index contributed by atoms with van der Waals surface area (Å²) in [5.74, 6) is 1.89. The van der Waals surface area contributed by atoms with E-state index in [0.717, 1.165) is 77.6 Å². The summed E-state index contributed by atoms with van der Waals surface area (Å²) >= 11 is 0. The normalized spacial score (nSPS) is 11.3. The minimum atomic E-state index is 0.623. The molecule has 0 atom stereocenters. The lowest BCUT2D eigenvalue weighted by Gasteiger charge is -2.13. The van der Waals surface area contributed by atoms with Gasteiger partial charge in [0.15, 0.2) is 17.5 Å². The van der Waals surface area contributed by atoms with Gasteiger partial charge in [-0.1, -0.05) is 164 Å².